The first kappa shape index (κ1) is 12.9. The van der Waals surface area contributed by atoms with Gasteiger partial charge in [-0.05, 0) is 48.4 Å². The van der Waals surface area contributed by atoms with Gasteiger partial charge in [0.25, 0.3) is 0 Å². The van der Waals surface area contributed by atoms with Crippen LogP contribution in [-0.2, 0) is 6.42 Å². The van der Waals surface area contributed by atoms with Crippen LogP contribution in [0.25, 0.3) is 0 Å². The average Bonchev–Trinajstić information content (AvgIpc) is 2.87. The molecule has 2 heteroatoms. The van der Waals surface area contributed by atoms with Gasteiger partial charge in [-0.25, -0.2) is 0 Å². The number of thiophene rings is 1. The SMILES string of the molecule is CNC(Cc1cccs1)c1cccc(C2CCC2)c1. The summed E-state index contributed by atoms with van der Waals surface area (Å²) in [5, 5.41) is 5.63. The lowest BCUT2D eigenvalue weighted by molar-refractivity contribution is 0.419. The lowest BCUT2D eigenvalue weighted by Gasteiger charge is -2.27. The first-order valence-electron chi connectivity index (χ1n) is 7.16. The van der Waals surface area contributed by atoms with Gasteiger partial charge in [-0.15, -0.1) is 11.3 Å². The van der Waals surface area contributed by atoms with E-state index in [0.717, 1.165) is 12.3 Å². The first-order chi connectivity index (χ1) is 9.36. The van der Waals surface area contributed by atoms with E-state index in [1.54, 1.807) is 0 Å². The van der Waals surface area contributed by atoms with E-state index >= 15 is 0 Å². The van der Waals surface area contributed by atoms with Crippen LogP contribution in [0.2, 0.25) is 0 Å². The Labute approximate surface area is 119 Å². The molecule has 0 aliphatic heterocycles. The van der Waals surface area contributed by atoms with E-state index in [9.17, 15) is 0 Å². The Morgan fingerprint density at radius 2 is 2.16 bits per heavy atom. The Morgan fingerprint density at radius 3 is 2.79 bits per heavy atom. The lowest BCUT2D eigenvalue weighted by Crippen LogP contribution is -2.19. The molecule has 0 spiro atoms. The maximum atomic E-state index is 3.47. The summed E-state index contributed by atoms with van der Waals surface area (Å²) >= 11 is 1.85. The number of hydrogen-bond donors (Lipinski definition) is 1. The third-order valence-corrected chi connectivity index (χ3v) is 5.12. The lowest BCUT2D eigenvalue weighted by atomic mass is 9.79. The number of hydrogen-bond acceptors (Lipinski definition) is 2. The van der Waals surface area contributed by atoms with Crippen molar-refractivity contribution < 1.29 is 0 Å². The first-order valence-corrected chi connectivity index (χ1v) is 8.04. The molecule has 1 saturated carbocycles. The molecule has 1 atom stereocenters. The van der Waals surface area contributed by atoms with Gasteiger partial charge in [0.2, 0.25) is 0 Å². The minimum absolute atomic E-state index is 0.429. The molecule has 1 unspecified atom stereocenters. The maximum Gasteiger partial charge on any atom is 0.0366 e. The quantitative estimate of drug-likeness (QED) is 0.843. The van der Waals surface area contributed by atoms with Crippen molar-refractivity contribution in [2.24, 2.45) is 0 Å². The molecular weight excluding hydrogens is 250 g/mol. The Morgan fingerprint density at radius 1 is 1.26 bits per heavy atom. The van der Waals surface area contributed by atoms with Gasteiger partial charge >= 0.3 is 0 Å². The molecule has 1 heterocycles. The van der Waals surface area contributed by atoms with Crippen molar-refractivity contribution in [3.63, 3.8) is 0 Å². The molecule has 1 aromatic carbocycles. The van der Waals surface area contributed by atoms with Crippen LogP contribution in [0.1, 0.15) is 47.2 Å². The van der Waals surface area contributed by atoms with Crippen molar-refractivity contribution >= 4 is 11.3 Å². The van der Waals surface area contributed by atoms with Gasteiger partial charge in [0.15, 0.2) is 0 Å². The highest BCUT2D eigenvalue weighted by atomic mass is 32.1. The topological polar surface area (TPSA) is 12.0 Å². The average molecular weight is 271 g/mol. The van der Waals surface area contributed by atoms with E-state index in [0.29, 0.717) is 6.04 Å². The maximum absolute atomic E-state index is 3.47. The van der Waals surface area contributed by atoms with Crippen molar-refractivity contribution in [3.8, 4) is 0 Å². The van der Waals surface area contributed by atoms with Crippen molar-refractivity contribution in [1.82, 2.24) is 5.32 Å². The number of benzene rings is 1. The second-order valence-corrected chi connectivity index (χ2v) is 6.45. The van der Waals surface area contributed by atoms with Crippen molar-refractivity contribution in [3.05, 3.63) is 57.8 Å². The van der Waals surface area contributed by atoms with Crippen LogP contribution in [0.4, 0.5) is 0 Å². The van der Waals surface area contributed by atoms with E-state index in [2.05, 4.69) is 54.1 Å². The third-order valence-electron chi connectivity index (χ3n) is 4.22. The van der Waals surface area contributed by atoms with Crippen LogP contribution >= 0.6 is 11.3 Å². The van der Waals surface area contributed by atoms with Crippen LogP contribution in [0.3, 0.4) is 0 Å². The summed E-state index contributed by atoms with van der Waals surface area (Å²) in [6.07, 6.45) is 5.24. The predicted octanol–water partition coefficient (Wildman–Crippen LogP) is 4.52. The second-order valence-electron chi connectivity index (χ2n) is 5.42. The minimum Gasteiger partial charge on any atom is -0.313 e. The van der Waals surface area contributed by atoms with Crippen LogP contribution < -0.4 is 5.32 Å². The number of nitrogens with one attached hydrogen (secondary N) is 1. The zero-order valence-electron chi connectivity index (χ0n) is 11.4. The zero-order valence-corrected chi connectivity index (χ0v) is 12.2. The fraction of sp³-hybridized carbons (Fsp3) is 0.412. The zero-order chi connectivity index (χ0) is 13.1. The van der Waals surface area contributed by atoms with Gasteiger partial charge in [-0.3, -0.25) is 0 Å². The summed E-state index contributed by atoms with van der Waals surface area (Å²) in [5.74, 6) is 0.819. The summed E-state index contributed by atoms with van der Waals surface area (Å²) in [7, 11) is 2.06. The van der Waals surface area contributed by atoms with Crippen molar-refractivity contribution in [2.45, 2.75) is 37.6 Å². The molecule has 3 rings (SSSR count). The molecule has 0 bridgehead atoms. The fourth-order valence-electron chi connectivity index (χ4n) is 2.79. The van der Waals surface area contributed by atoms with E-state index < -0.39 is 0 Å². The standard InChI is InChI=1S/C17H21NS/c1-18-17(12-16-9-4-10-19-16)15-8-3-7-14(11-15)13-5-2-6-13/h3-4,7-11,13,17-18H,2,5-6,12H2,1H3. The van der Waals surface area contributed by atoms with E-state index in [4.69, 9.17) is 0 Å². The fourth-order valence-corrected chi connectivity index (χ4v) is 3.54. The van der Waals surface area contributed by atoms with Gasteiger partial charge < -0.3 is 5.32 Å². The molecule has 2 aromatic rings. The van der Waals surface area contributed by atoms with Crippen LogP contribution in [0, 0.1) is 0 Å². The highest BCUT2D eigenvalue weighted by Gasteiger charge is 2.20. The molecule has 1 N–H and O–H groups in total. The van der Waals surface area contributed by atoms with Gasteiger partial charge in [-0.2, -0.15) is 0 Å². The van der Waals surface area contributed by atoms with Gasteiger partial charge in [-0.1, -0.05) is 36.8 Å². The van der Waals surface area contributed by atoms with Crippen molar-refractivity contribution in [2.75, 3.05) is 7.05 Å². The predicted molar refractivity (Wildman–Crippen MR) is 82.9 cm³/mol. The molecule has 100 valence electrons. The highest BCUT2D eigenvalue weighted by Crippen LogP contribution is 2.37. The molecule has 19 heavy (non-hydrogen) atoms. The van der Waals surface area contributed by atoms with E-state index in [-0.39, 0.29) is 0 Å². The molecule has 1 nitrogen and oxygen atoms in total. The van der Waals surface area contributed by atoms with Gasteiger partial charge in [0, 0.05) is 17.3 Å². The Kier molecular flexibility index (Phi) is 4.00. The van der Waals surface area contributed by atoms with Crippen molar-refractivity contribution in [1.29, 1.82) is 0 Å². The summed E-state index contributed by atoms with van der Waals surface area (Å²) in [5.41, 5.74) is 2.97. The molecule has 0 amide bonds. The normalized spacial score (nSPS) is 17.1. The Hall–Kier alpha value is -1.12. The highest BCUT2D eigenvalue weighted by molar-refractivity contribution is 7.09. The molecular formula is C17H21NS. The van der Waals surface area contributed by atoms with Gasteiger partial charge in [0.1, 0.15) is 0 Å². The monoisotopic (exact) mass is 271 g/mol. The van der Waals surface area contributed by atoms with Crippen LogP contribution in [-0.4, -0.2) is 7.05 Å². The molecule has 1 aromatic heterocycles. The van der Waals surface area contributed by atoms with Gasteiger partial charge in [0.05, 0.1) is 0 Å². The molecule has 1 aliphatic carbocycles. The van der Waals surface area contributed by atoms with E-state index in [1.807, 2.05) is 11.3 Å². The summed E-state index contributed by atoms with van der Waals surface area (Å²) < 4.78 is 0. The number of rotatable bonds is 5. The molecule has 0 radical (unpaired) electrons. The van der Waals surface area contributed by atoms with Crippen LogP contribution in [0.15, 0.2) is 41.8 Å². The molecule has 0 saturated heterocycles. The number of likely N-dealkylation sites (N-methyl/N-ethyl adjacent to an activating group) is 1. The van der Waals surface area contributed by atoms with E-state index in [1.165, 1.54) is 35.3 Å². The molecule has 1 fully saturated rings. The summed E-state index contributed by atoms with van der Waals surface area (Å²) in [6.45, 7) is 0. The largest absolute Gasteiger partial charge is 0.313 e. The molecule has 1 aliphatic rings. The Balaban J connectivity index is 1.78. The Bertz CT molecular complexity index is 514. The third kappa shape index (κ3) is 2.90. The second kappa shape index (κ2) is 5.89. The smallest absolute Gasteiger partial charge is 0.0366 e. The van der Waals surface area contributed by atoms with Crippen LogP contribution in [0.5, 0.6) is 0 Å². The minimum atomic E-state index is 0.429. The summed E-state index contributed by atoms with van der Waals surface area (Å²) in [4.78, 5) is 1.45. The summed E-state index contributed by atoms with van der Waals surface area (Å²) in [6, 6.07) is 14.0.